The van der Waals surface area contributed by atoms with E-state index in [9.17, 15) is 44.1 Å². The number of nitrogens with one attached hydrogen (secondary N) is 5. The number of para-hydroxylation sites is 1. The summed E-state index contributed by atoms with van der Waals surface area (Å²) in [6, 6.07) is 0.705. The van der Waals surface area contributed by atoms with Gasteiger partial charge < -0.3 is 53.0 Å². The normalized spacial score (nSPS) is 14.5. The highest BCUT2D eigenvalue weighted by atomic mass is 16.4. The highest BCUT2D eigenvalue weighted by Gasteiger charge is 2.33. The molecule has 12 N–H and O–H groups in total. The van der Waals surface area contributed by atoms with Gasteiger partial charge in [-0.25, -0.2) is 4.79 Å². The van der Waals surface area contributed by atoms with Crippen molar-refractivity contribution in [1.82, 2.24) is 26.3 Å². The lowest BCUT2D eigenvalue weighted by Gasteiger charge is -2.27. The standard InChI is InChI=1S/C30H45N7O9/c1-16(2)25(37-26(41)19(32)15-38)29(44)34-21(10-11-24(39)40)27(42)36-23(13-17-14-33-20-8-4-3-7-18(17)20)28(43)35-22(30(45)46)9-5-6-12-31/h3-4,7-8,14,16,19,21-23,25,33,38H,5-6,9-13,15,31-32H2,1-2H3,(H,34,44)(H,35,43)(H,36,42)(H,37,41)(H,39,40)(H,45,46)/t19-,21-,22-,23-,25-/m0/s1. The number of amides is 4. The summed E-state index contributed by atoms with van der Waals surface area (Å²) >= 11 is 0. The number of rotatable bonds is 20. The van der Waals surface area contributed by atoms with E-state index in [0.717, 1.165) is 10.9 Å². The number of carboxylic acid groups (broad SMARTS) is 2. The molecule has 0 bridgehead atoms. The van der Waals surface area contributed by atoms with E-state index in [1.807, 2.05) is 18.2 Å². The topological polar surface area (TPSA) is 279 Å². The van der Waals surface area contributed by atoms with Crippen LogP contribution in [0.5, 0.6) is 0 Å². The summed E-state index contributed by atoms with van der Waals surface area (Å²) in [5.41, 5.74) is 12.5. The first-order chi connectivity index (χ1) is 21.8. The Hall–Kier alpha value is -4.54. The Bertz CT molecular complexity index is 1360. The fourth-order valence-electron chi connectivity index (χ4n) is 4.70. The van der Waals surface area contributed by atoms with Crippen molar-refractivity contribution in [3.05, 3.63) is 36.0 Å². The van der Waals surface area contributed by atoms with Crippen LogP contribution in [0.3, 0.4) is 0 Å². The second-order valence-electron chi connectivity index (χ2n) is 11.3. The maximum atomic E-state index is 13.6. The molecule has 5 atom stereocenters. The van der Waals surface area contributed by atoms with Crippen LogP contribution in [0, 0.1) is 5.92 Å². The fraction of sp³-hybridized carbons (Fsp3) is 0.533. The van der Waals surface area contributed by atoms with Crippen LogP contribution in [0.2, 0.25) is 0 Å². The van der Waals surface area contributed by atoms with Crippen molar-refractivity contribution in [1.29, 1.82) is 0 Å². The monoisotopic (exact) mass is 647 g/mol. The van der Waals surface area contributed by atoms with E-state index >= 15 is 0 Å². The molecule has 0 aliphatic carbocycles. The summed E-state index contributed by atoms with van der Waals surface area (Å²) in [7, 11) is 0. The van der Waals surface area contributed by atoms with Gasteiger partial charge in [-0.2, -0.15) is 0 Å². The van der Waals surface area contributed by atoms with Crippen molar-refractivity contribution in [3.63, 3.8) is 0 Å². The van der Waals surface area contributed by atoms with Gasteiger partial charge in [0, 0.05) is 29.9 Å². The van der Waals surface area contributed by atoms with Gasteiger partial charge in [0.2, 0.25) is 23.6 Å². The van der Waals surface area contributed by atoms with Crippen molar-refractivity contribution in [2.24, 2.45) is 17.4 Å². The maximum absolute atomic E-state index is 13.6. The number of carbonyl (C=O) groups excluding carboxylic acids is 4. The molecule has 16 nitrogen and oxygen atoms in total. The second kappa shape index (κ2) is 18.4. The number of aliphatic hydroxyl groups excluding tert-OH is 1. The molecule has 0 saturated heterocycles. The number of aromatic amines is 1. The van der Waals surface area contributed by atoms with E-state index in [1.54, 1.807) is 26.1 Å². The van der Waals surface area contributed by atoms with Gasteiger partial charge in [0.15, 0.2) is 0 Å². The summed E-state index contributed by atoms with van der Waals surface area (Å²) < 4.78 is 0. The van der Waals surface area contributed by atoms with Gasteiger partial charge in [0.1, 0.15) is 30.2 Å². The minimum atomic E-state index is -1.45. The number of hydrogen-bond donors (Lipinski definition) is 10. The average Bonchev–Trinajstić information content (AvgIpc) is 3.42. The lowest BCUT2D eigenvalue weighted by atomic mass is 10.0. The van der Waals surface area contributed by atoms with Crippen molar-refractivity contribution in [2.45, 2.75) is 82.6 Å². The zero-order valence-corrected chi connectivity index (χ0v) is 26.0. The van der Waals surface area contributed by atoms with Gasteiger partial charge in [0.05, 0.1) is 6.61 Å². The number of H-pyrrole nitrogens is 1. The van der Waals surface area contributed by atoms with Gasteiger partial charge in [-0.15, -0.1) is 0 Å². The maximum Gasteiger partial charge on any atom is 0.326 e. The van der Waals surface area contributed by atoms with Gasteiger partial charge in [-0.05, 0) is 49.8 Å². The first-order valence-electron chi connectivity index (χ1n) is 15.1. The number of nitrogens with two attached hydrogens (primary N) is 2. The molecule has 2 rings (SSSR count). The molecular weight excluding hydrogens is 602 g/mol. The van der Waals surface area contributed by atoms with E-state index in [2.05, 4.69) is 26.3 Å². The van der Waals surface area contributed by atoms with Crippen LogP contribution in [0.1, 0.15) is 51.5 Å². The quantitative estimate of drug-likeness (QED) is 0.0754. The zero-order valence-electron chi connectivity index (χ0n) is 26.0. The highest BCUT2D eigenvalue weighted by Crippen LogP contribution is 2.19. The van der Waals surface area contributed by atoms with Crippen LogP contribution in [-0.4, -0.2) is 99.2 Å². The Labute approximate surface area is 266 Å². The lowest BCUT2D eigenvalue weighted by molar-refractivity contribution is -0.142. The fourth-order valence-corrected chi connectivity index (χ4v) is 4.70. The Morgan fingerprint density at radius 1 is 0.826 bits per heavy atom. The summed E-state index contributed by atoms with van der Waals surface area (Å²) in [5.74, 6) is -6.33. The molecule has 0 aliphatic rings. The molecular formula is C30H45N7O9. The lowest BCUT2D eigenvalue weighted by Crippen LogP contribution is -2.60. The largest absolute Gasteiger partial charge is 0.481 e. The van der Waals surface area contributed by atoms with Crippen LogP contribution in [0.15, 0.2) is 30.5 Å². The zero-order chi connectivity index (χ0) is 34.4. The van der Waals surface area contributed by atoms with E-state index in [0.29, 0.717) is 24.9 Å². The molecule has 2 aromatic rings. The minimum Gasteiger partial charge on any atom is -0.481 e. The molecule has 254 valence electrons. The summed E-state index contributed by atoms with van der Waals surface area (Å²) in [4.78, 5) is 79.1. The molecule has 1 aromatic heterocycles. The molecule has 0 saturated carbocycles. The third-order valence-corrected chi connectivity index (χ3v) is 7.35. The van der Waals surface area contributed by atoms with Crippen molar-refractivity contribution >= 4 is 46.5 Å². The Morgan fingerprint density at radius 3 is 2.07 bits per heavy atom. The van der Waals surface area contributed by atoms with Crippen LogP contribution in [0.4, 0.5) is 0 Å². The van der Waals surface area contributed by atoms with E-state index < -0.39 is 84.7 Å². The van der Waals surface area contributed by atoms with Gasteiger partial charge in [-0.1, -0.05) is 32.0 Å². The Morgan fingerprint density at radius 2 is 1.46 bits per heavy atom. The third kappa shape index (κ3) is 11.4. The first-order valence-corrected chi connectivity index (χ1v) is 15.1. The predicted molar refractivity (Wildman–Crippen MR) is 167 cm³/mol. The molecule has 16 heteroatoms. The Balaban J connectivity index is 2.37. The summed E-state index contributed by atoms with van der Waals surface area (Å²) in [6.07, 6.45) is 1.79. The number of unbranched alkanes of at least 4 members (excludes halogenated alkanes) is 1. The summed E-state index contributed by atoms with van der Waals surface area (Å²) in [5, 5.41) is 38.9. The molecule has 4 amide bonds. The molecule has 0 spiro atoms. The summed E-state index contributed by atoms with van der Waals surface area (Å²) in [6.45, 7) is 2.92. The molecule has 0 aliphatic heterocycles. The van der Waals surface area contributed by atoms with Crippen molar-refractivity contribution < 1.29 is 44.1 Å². The molecule has 0 radical (unpaired) electrons. The number of aromatic nitrogens is 1. The van der Waals surface area contributed by atoms with E-state index in [1.165, 1.54) is 0 Å². The van der Waals surface area contributed by atoms with Gasteiger partial charge in [0.25, 0.3) is 0 Å². The first kappa shape index (κ1) is 37.6. The van der Waals surface area contributed by atoms with Crippen LogP contribution in [-0.2, 0) is 35.2 Å². The molecule has 1 heterocycles. The number of benzene rings is 1. The molecule has 1 aromatic carbocycles. The molecule has 0 fully saturated rings. The minimum absolute atomic E-state index is 0.0694. The average molecular weight is 648 g/mol. The van der Waals surface area contributed by atoms with E-state index in [4.69, 9.17) is 11.5 Å². The van der Waals surface area contributed by atoms with Crippen LogP contribution < -0.4 is 32.7 Å². The van der Waals surface area contributed by atoms with E-state index in [-0.39, 0.29) is 19.3 Å². The number of carbonyl (C=O) groups is 6. The second-order valence-corrected chi connectivity index (χ2v) is 11.3. The molecule has 0 unspecified atom stereocenters. The van der Waals surface area contributed by atoms with Crippen LogP contribution in [0.25, 0.3) is 10.9 Å². The molecule has 46 heavy (non-hydrogen) atoms. The van der Waals surface area contributed by atoms with Gasteiger partial charge in [-0.3, -0.25) is 24.0 Å². The number of carboxylic acids is 2. The number of aliphatic carboxylic acids is 2. The highest BCUT2D eigenvalue weighted by molar-refractivity contribution is 5.96. The Kier molecular flexibility index (Phi) is 15.1. The third-order valence-electron chi connectivity index (χ3n) is 7.35. The number of hydrogen-bond acceptors (Lipinski definition) is 9. The van der Waals surface area contributed by atoms with Crippen LogP contribution >= 0.6 is 0 Å². The number of fused-ring (bicyclic) bond motifs is 1. The SMILES string of the molecule is CC(C)[C@H](NC(=O)[C@@H](N)CO)C(=O)N[C@@H](CCC(=O)O)C(=O)N[C@@H](Cc1c[nH]c2ccccc12)C(=O)N[C@@H](CCCCN)C(=O)O. The number of aliphatic hydroxyl groups is 1. The predicted octanol–water partition coefficient (Wildman–Crippen LogP) is -1.30. The van der Waals surface area contributed by atoms with Gasteiger partial charge >= 0.3 is 11.9 Å². The van der Waals surface area contributed by atoms with Crippen molar-refractivity contribution in [2.75, 3.05) is 13.2 Å². The smallest absolute Gasteiger partial charge is 0.326 e. The van der Waals surface area contributed by atoms with Crippen molar-refractivity contribution in [3.8, 4) is 0 Å².